The molecule has 0 unspecified atom stereocenters. The first-order valence-corrected chi connectivity index (χ1v) is 11.0. The lowest BCUT2D eigenvalue weighted by Gasteiger charge is -2.17. The molecular weight excluding hydrogens is 476 g/mol. The van der Waals surface area contributed by atoms with Gasteiger partial charge in [-0.25, -0.2) is 0 Å². The van der Waals surface area contributed by atoms with Crippen LogP contribution in [0.5, 0.6) is 11.5 Å². The Morgan fingerprint density at radius 1 is 0.806 bits per heavy atom. The van der Waals surface area contributed by atoms with Gasteiger partial charge in [0.05, 0.1) is 6.61 Å². The first kappa shape index (κ1) is 25.6. The standard InChI is InChI=1S/C24H24Cl3NO2.ClH/c1-2-29-23-9-5-7-18(24(23)30-16-19-6-3-4-8-21(19)26)15-28-13-12-17-10-11-20(25)14-22(17)27;/h3-11,14,28H,2,12-13,15-16H2,1H3;1H. The summed E-state index contributed by atoms with van der Waals surface area (Å²) in [6, 6.07) is 19.2. The van der Waals surface area contributed by atoms with Gasteiger partial charge >= 0.3 is 0 Å². The lowest BCUT2D eigenvalue weighted by atomic mass is 10.1. The van der Waals surface area contributed by atoms with Crippen LogP contribution in [-0.4, -0.2) is 13.2 Å². The van der Waals surface area contributed by atoms with Gasteiger partial charge in [0.2, 0.25) is 0 Å². The Balaban J connectivity index is 0.00000341. The largest absolute Gasteiger partial charge is 0.490 e. The second-order valence-electron chi connectivity index (χ2n) is 6.72. The summed E-state index contributed by atoms with van der Waals surface area (Å²) in [6.07, 6.45) is 0.803. The zero-order chi connectivity index (χ0) is 21.3. The molecule has 0 atom stereocenters. The average Bonchev–Trinajstić information content (AvgIpc) is 2.73. The highest BCUT2D eigenvalue weighted by atomic mass is 35.5. The molecule has 0 saturated carbocycles. The number of benzene rings is 3. The van der Waals surface area contributed by atoms with Gasteiger partial charge in [0.1, 0.15) is 6.61 Å². The highest BCUT2D eigenvalue weighted by Gasteiger charge is 2.12. The van der Waals surface area contributed by atoms with E-state index >= 15 is 0 Å². The van der Waals surface area contributed by atoms with Crippen LogP contribution in [0.1, 0.15) is 23.6 Å². The summed E-state index contributed by atoms with van der Waals surface area (Å²) in [7, 11) is 0. The van der Waals surface area contributed by atoms with Gasteiger partial charge < -0.3 is 14.8 Å². The van der Waals surface area contributed by atoms with E-state index in [2.05, 4.69) is 5.32 Å². The van der Waals surface area contributed by atoms with Gasteiger partial charge in [0.15, 0.2) is 11.5 Å². The van der Waals surface area contributed by atoms with E-state index in [9.17, 15) is 0 Å². The molecule has 7 heteroatoms. The summed E-state index contributed by atoms with van der Waals surface area (Å²) >= 11 is 18.5. The van der Waals surface area contributed by atoms with Crippen molar-refractivity contribution in [3.8, 4) is 11.5 Å². The Kier molecular flexibility index (Phi) is 10.8. The minimum absolute atomic E-state index is 0. The Morgan fingerprint density at radius 2 is 1.58 bits per heavy atom. The molecule has 0 amide bonds. The predicted molar refractivity (Wildman–Crippen MR) is 133 cm³/mol. The van der Waals surface area contributed by atoms with Crippen molar-refractivity contribution in [2.45, 2.75) is 26.5 Å². The van der Waals surface area contributed by atoms with Crippen LogP contribution < -0.4 is 14.8 Å². The second kappa shape index (κ2) is 13.0. The molecule has 0 fully saturated rings. The number of para-hydroxylation sites is 1. The number of rotatable bonds is 10. The average molecular weight is 501 g/mol. The minimum Gasteiger partial charge on any atom is -0.490 e. The maximum absolute atomic E-state index is 6.27. The Hall–Kier alpha value is -1.62. The van der Waals surface area contributed by atoms with Crippen molar-refractivity contribution in [1.29, 1.82) is 0 Å². The molecule has 0 aliphatic carbocycles. The summed E-state index contributed by atoms with van der Waals surface area (Å²) in [5.74, 6) is 1.46. The fraction of sp³-hybridized carbons (Fsp3) is 0.250. The van der Waals surface area contributed by atoms with Gasteiger partial charge in [0, 0.05) is 32.7 Å². The maximum atomic E-state index is 6.27. The molecule has 3 nitrogen and oxygen atoms in total. The lowest BCUT2D eigenvalue weighted by molar-refractivity contribution is 0.266. The van der Waals surface area contributed by atoms with E-state index in [1.807, 2.05) is 61.5 Å². The molecule has 0 heterocycles. The van der Waals surface area contributed by atoms with Gasteiger partial charge in [-0.2, -0.15) is 0 Å². The minimum atomic E-state index is 0. The van der Waals surface area contributed by atoms with E-state index in [1.165, 1.54) is 0 Å². The first-order valence-electron chi connectivity index (χ1n) is 9.84. The predicted octanol–water partition coefficient (Wildman–Crippen LogP) is 7.38. The van der Waals surface area contributed by atoms with Crippen molar-refractivity contribution in [2.24, 2.45) is 0 Å². The van der Waals surface area contributed by atoms with Crippen LogP contribution in [0.15, 0.2) is 60.7 Å². The van der Waals surface area contributed by atoms with Gasteiger partial charge in [0.25, 0.3) is 0 Å². The molecule has 3 aromatic rings. The van der Waals surface area contributed by atoms with E-state index in [4.69, 9.17) is 44.3 Å². The highest BCUT2D eigenvalue weighted by Crippen LogP contribution is 2.33. The molecule has 0 saturated heterocycles. The van der Waals surface area contributed by atoms with E-state index in [-0.39, 0.29) is 12.4 Å². The fourth-order valence-electron chi connectivity index (χ4n) is 3.07. The molecular formula is C24H25Cl4NO2. The smallest absolute Gasteiger partial charge is 0.166 e. The maximum Gasteiger partial charge on any atom is 0.166 e. The second-order valence-corrected chi connectivity index (χ2v) is 7.97. The molecule has 0 aliphatic heterocycles. The van der Waals surface area contributed by atoms with Crippen molar-refractivity contribution in [2.75, 3.05) is 13.2 Å². The van der Waals surface area contributed by atoms with Crippen molar-refractivity contribution in [1.82, 2.24) is 5.32 Å². The van der Waals surface area contributed by atoms with E-state index in [0.29, 0.717) is 34.8 Å². The molecule has 0 bridgehead atoms. The first-order chi connectivity index (χ1) is 14.6. The van der Waals surface area contributed by atoms with Crippen LogP contribution in [0.2, 0.25) is 15.1 Å². The Labute approximate surface area is 205 Å². The lowest BCUT2D eigenvalue weighted by Crippen LogP contribution is -2.17. The number of nitrogens with one attached hydrogen (secondary N) is 1. The molecule has 1 N–H and O–H groups in total. The number of halogens is 4. The van der Waals surface area contributed by atoms with Crippen LogP contribution >= 0.6 is 47.2 Å². The summed E-state index contributed by atoms with van der Waals surface area (Å²) in [5, 5.41) is 5.47. The molecule has 0 radical (unpaired) electrons. The molecule has 0 aromatic heterocycles. The van der Waals surface area contributed by atoms with Crippen LogP contribution in [0.25, 0.3) is 0 Å². The van der Waals surface area contributed by atoms with Crippen molar-refractivity contribution >= 4 is 47.2 Å². The monoisotopic (exact) mass is 499 g/mol. The highest BCUT2D eigenvalue weighted by molar-refractivity contribution is 6.35. The van der Waals surface area contributed by atoms with Gasteiger partial charge in [-0.05, 0) is 49.7 Å². The SMILES string of the molecule is CCOc1cccc(CNCCc2ccc(Cl)cc2Cl)c1OCc1ccccc1Cl.Cl. The molecule has 31 heavy (non-hydrogen) atoms. The molecule has 0 spiro atoms. The van der Waals surface area contributed by atoms with E-state index in [1.54, 1.807) is 6.07 Å². The van der Waals surface area contributed by atoms with Crippen LogP contribution in [-0.2, 0) is 19.6 Å². The van der Waals surface area contributed by atoms with E-state index in [0.717, 1.165) is 41.2 Å². The summed E-state index contributed by atoms with van der Waals surface area (Å²) in [6.45, 7) is 4.30. The third-order valence-electron chi connectivity index (χ3n) is 4.59. The number of ether oxygens (including phenoxy) is 2. The summed E-state index contributed by atoms with van der Waals surface area (Å²) in [4.78, 5) is 0. The molecule has 3 aromatic carbocycles. The number of hydrogen-bond donors (Lipinski definition) is 1. The quantitative estimate of drug-likeness (QED) is 0.294. The number of hydrogen-bond acceptors (Lipinski definition) is 3. The van der Waals surface area contributed by atoms with Crippen molar-refractivity contribution in [3.05, 3.63) is 92.4 Å². The van der Waals surface area contributed by atoms with Crippen LogP contribution in [0, 0.1) is 0 Å². The topological polar surface area (TPSA) is 30.5 Å². The zero-order valence-corrected chi connectivity index (χ0v) is 20.3. The fourth-order valence-corrected chi connectivity index (χ4v) is 3.76. The van der Waals surface area contributed by atoms with Crippen LogP contribution in [0.4, 0.5) is 0 Å². The normalized spacial score (nSPS) is 10.5. The van der Waals surface area contributed by atoms with E-state index < -0.39 is 0 Å². The molecule has 166 valence electrons. The van der Waals surface area contributed by atoms with Crippen LogP contribution in [0.3, 0.4) is 0 Å². The molecule has 3 rings (SSSR count). The summed E-state index contributed by atoms with van der Waals surface area (Å²) in [5.41, 5.74) is 3.02. The van der Waals surface area contributed by atoms with Crippen molar-refractivity contribution in [3.63, 3.8) is 0 Å². The third-order valence-corrected chi connectivity index (χ3v) is 5.55. The van der Waals surface area contributed by atoms with Gasteiger partial charge in [-0.3, -0.25) is 0 Å². The van der Waals surface area contributed by atoms with Gasteiger partial charge in [-0.1, -0.05) is 71.2 Å². The van der Waals surface area contributed by atoms with Crippen molar-refractivity contribution < 1.29 is 9.47 Å². The zero-order valence-electron chi connectivity index (χ0n) is 17.2. The molecule has 0 aliphatic rings. The van der Waals surface area contributed by atoms with Gasteiger partial charge in [-0.15, -0.1) is 12.4 Å². The third kappa shape index (κ3) is 7.48. The summed E-state index contributed by atoms with van der Waals surface area (Å²) < 4.78 is 11.9. The Bertz CT molecular complexity index is 982. The Morgan fingerprint density at radius 3 is 2.32 bits per heavy atom.